The fourth-order valence-electron chi connectivity index (χ4n) is 5.63. The molecule has 200 valence electrons. The highest BCUT2D eigenvalue weighted by Gasteiger charge is 2.48. The molecule has 0 aliphatic carbocycles. The lowest BCUT2D eigenvalue weighted by molar-refractivity contribution is -0.137. The van der Waals surface area contributed by atoms with Crippen molar-refractivity contribution >= 4 is 6.29 Å². The zero-order valence-corrected chi connectivity index (χ0v) is 21.4. The van der Waals surface area contributed by atoms with E-state index in [-0.39, 0.29) is 6.04 Å². The second-order valence-corrected chi connectivity index (χ2v) is 10.1. The number of piperazine rings is 1. The van der Waals surface area contributed by atoms with Crippen LogP contribution in [0.15, 0.2) is 109 Å². The van der Waals surface area contributed by atoms with Crippen LogP contribution in [0.5, 0.6) is 0 Å². The molecule has 1 N–H and O–H groups in total. The van der Waals surface area contributed by atoms with Gasteiger partial charge in [-0.15, -0.1) is 0 Å². The van der Waals surface area contributed by atoms with Gasteiger partial charge in [-0.2, -0.15) is 13.2 Å². The lowest BCUT2D eigenvalue weighted by atomic mass is 9.76. The first kappa shape index (κ1) is 26.8. The lowest BCUT2D eigenvalue weighted by Gasteiger charge is -2.52. The third kappa shape index (κ3) is 6.10. The first-order valence-corrected chi connectivity index (χ1v) is 13.0. The van der Waals surface area contributed by atoms with Gasteiger partial charge in [0.05, 0.1) is 17.1 Å². The van der Waals surface area contributed by atoms with Crippen LogP contribution in [0.1, 0.15) is 34.0 Å². The summed E-state index contributed by atoms with van der Waals surface area (Å²) in [4.78, 5) is 19.8. The zero-order chi connectivity index (χ0) is 27.3. The third-order valence-electron chi connectivity index (χ3n) is 7.52. The molecule has 0 radical (unpaired) electrons. The second-order valence-electron chi connectivity index (χ2n) is 10.1. The Kier molecular flexibility index (Phi) is 7.91. The minimum atomic E-state index is -4.41. The fourth-order valence-corrected chi connectivity index (χ4v) is 5.63. The Hall–Kier alpha value is -3.81. The van der Waals surface area contributed by atoms with Crippen LogP contribution in [-0.2, 0) is 30.4 Å². The largest absolute Gasteiger partial charge is 0.416 e. The number of nitrogens with one attached hydrogen (secondary N) is 1. The Morgan fingerprint density at radius 1 is 0.846 bits per heavy atom. The van der Waals surface area contributed by atoms with Crippen molar-refractivity contribution in [1.82, 2.24) is 15.2 Å². The predicted molar refractivity (Wildman–Crippen MR) is 145 cm³/mol. The summed E-state index contributed by atoms with van der Waals surface area (Å²) in [5.74, 6) is 0. The van der Waals surface area contributed by atoms with Gasteiger partial charge in [0.2, 0.25) is 0 Å². The number of carbonyl (C=O) groups is 1. The first-order valence-electron chi connectivity index (χ1n) is 13.0. The minimum Gasteiger partial charge on any atom is -0.307 e. The number of aldehydes is 1. The monoisotopic (exact) mass is 529 g/mol. The highest BCUT2D eigenvalue weighted by atomic mass is 19.4. The molecule has 3 unspecified atom stereocenters. The van der Waals surface area contributed by atoms with Gasteiger partial charge in [0.15, 0.2) is 0 Å². The van der Waals surface area contributed by atoms with E-state index in [2.05, 4.69) is 15.2 Å². The van der Waals surface area contributed by atoms with Crippen molar-refractivity contribution in [3.05, 3.63) is 137 Å². The molecule has 7 heteroatoms. The molecule has 1 fully saturated rings. The molecular weight excluding hydrogens is 499 g/mol. The number of hydrogen-bond donors (Lipinski definition) is 1. The minimum absolute atomic E-state index is 0.310. The quantitative estimate of drug-likeness (QED) is 0.283. The van der Waals surface area contributed by atoms with E-state index in [1.807, 2.05) is 78.9 Å². The highest BCUT2D eigenvalue weighted by molar-refractivity contribution is 5.62. The average molecular weight is 530 g/mol. The van der Waals surface area contributed by atoms with Crippen LogP contribution in [0.2, 0.25) is 0 Å². The molecule has 0 amide bonds. The molecule has 3 aromatic carbocycles. The van der Waals surface area contributed by atoms with E-state index < -0.39 is 23.3 Å². The van der Waals surface area contributed by atoms with E-state index in [4.69, 9.17) is 0 Å². The maximum atomic E-state index is 13.3. The van der Waals surface area contributed by atoms with Crippen LogP contribution in [0.3, 0.4) is 0 Å². The van der Waals surface area contributed by atoms with E-state index in [1.54, 1.807) is 6.20 Å². The Bertz CT molecular complexity index is 1310. The van der Waals surface area contributed by atoms with Crippen molar-refractivity contribution < 1.29 is 18.0 Å². The van der Waals surface area contributed by atoms with Gasteiger partial charge in [0.25, 0.3) is 0 Å². The maximum absolute atomic E-state index is 13.3. The van der Waals surface area contributed by atoms with E-state index >= 15 is 0 Å². The van der Waals surface area contributed by atoms with Crippen molar-refractivity contribution in [3.8, 4) is 0 Å². The number of pyridine rings is 1. The molecule has 0 spiro atoms. The highest BCUT2D eigenvalue weighted by Crippen LogP contribution is 2.38. The van der Waals surface area contributed by atoms with Crippen molar-refractivity contribution in [1.29, 1.82) is 0 Å². The molecule has 5 rings (SSSR count). The average Bonchev–Trinajstić information content (AvgIpc) is 2.95. The summed E-state index contributed by atoms with van der Waals surface area (Å²) in [6.07, 6.45) is -0.586. The first-order chi connectivity index (χ1) is 18.9. The topological polar surface area (TPSA) is 45.2 Å². The predicted octanol–water partition coefficient (Wildman–Crippen LogP) is 6.04. The third-order valence-corrected chi connectivity index (χ3v) is 7.52. The van der Waals surface area contributed by atoms with Gasteiger partial charge in [-0.3, -0.25) is 9.88 Å². The lowest BCUT2D eigenvalue weighted by Crippen LogP contribution is -2.70. The molecule has 4 aromatic rings. The Morgan fingerprint density at radius 2 is 1.49 bits per heavy atom. The summed E-state index contributed by atoms with van der Waals surface area (Å²) in [6, 6.07) is 30.0. The van der Waals surface area contributed by atoms with E-state index in [1.165, 1.54) is 12.1 Å². The number of alkyl halides is 3. The summed E-state index contributed by atoms with van der Waals surface area (Å²) in [5, 5.41) is 3.70. The summed E-state index contributed by atoms with van der Waals surface area (Å²) in [7, 11) is 0. The SMILES string of the molecule is O=CC1N(Cc2ccccc2)C(c2ccc(C(F)(F)F)cc2)CNC1(Cc1ccccc1)Cc1ccccn1. The number of hydrogen-bond acceptors (Lipinski definition) is 4. The van der Waals surface area contributed by atoms with Crippen molar-refractivity contribution in [2.24, 2.45) is 0 Å². The molecule has 4 nitrogen and oxygen atoms in total. The van der Waals surface area contributed by atoms with Crippen LogP contribution in [0.25, 0.3) is 0 Å². The van der Waals surface area contributed by atoms with Crippen LogP contribution in [-0.4, -0.2) is 34.3 Å². The van der Waals surface area contributed by atoms with Gasteiger partial charge in [0.1, 0.15) is 6.29 Å². The van der Waals surface area contributed by atoms with Crippen LogP contribution < -0.4 is 5.32 Å². The molecule has 2 heterocycles. The van der Waals surface area contributed by atoms with Gasteiger partial charge >= 0.3 is 6.18 Å². The summed E-state index contributed by atoms with van der Waals surface area (Å²) in [6.45, 7) is 0.929. The van der Waals surface area contributed by atoms with Crippen molar-refractivity contribution in [2.45, 2.75) is 43.2 Å². The number of halogens is 3. The number of nitrogens with zero attached hydrogens (tertiary/aromatic N) is 2. The number of aromatic nitrogens is 1. The van der Waals surface area contributed by atoms with Crippen LogP contribution in [0.4, 0.5) is 13.2 Å². The van der Waals surface area contributed by atoms with Gasteiger partial charge in [-0.1, -0.05) is 78.9 Å². The molecule has 39 heavy (non-hydrogen) atoms. The molecule has 1 aliphatic rings. The van der Waals surface area contributed by atoms with Crippen LogP contribution in [0, 0.1) is 0 Å². The Balaban J connectivity index is 1.57. The van der Waals surface area contributed by atoms with E-state index in [0.717, 1.165) is 40.8 Å². The molecule has 3 atom stereocenters. The van der Waals surface area contributed by atoms with Gasteiger partial charge in [0, 0.05) is 37.4 Å². The molecule has 1 aliphatic heterocycles. The summed E-state index contributed by atoms with van der Waals surface area (Å²) < 4.78 is 39.9. The summed E-state index contributed by atoms with van der Waals surface area (Å²) >= 11 is 0. The number of benzene rings is 3. The summed E-state index contributed by atoms with van der Waals surface area (Å²) in [5.41, 5.74) is 2.32. The smallest absolute Gasteiger partial charge is 0.307 e. The van der Waals surface area contributed by atoms with Gasteiger partial charge in [-0.25, -0.2) is 0 Å². The van der Waals surface area contributed by atoms with Gasteiger partial charge < -0.3 is 10.1 Å². The maximum Gasteiger partial charge on any atom is 0.416 e. The Morgan fingerprint density at radius 3 is 2.08 bits per heavy atom. The molecule has 1 saturated heterocycles. The Labute approximate surface area is 226 Å². The molecular formula is C32H30F3N3O. The number of rotatable bonds is 8. The fraction of sp³-hybridized carbons (Fsp3) is 0.250. The van der Waals surface area contributed by atoms with Crippen molar-refractivity contribution in [2.75, 3.05) is 6.54 Å². The molecule has 1 aromatic heterocycles. The molecule has 0 bridgehead atoms. The normalized spacial score (nSPS) is 21.9. The second kappa shape index (κ2) is 11.5. The molecule has 0 saturated carbocycles. The van der Waals surface area contributed by atoms with Crippen molar-refractivity contribution in [3.63, 3.8) is 0 Å². The standard InChI is InChI=1S/C32H30F3N3O/c33-32(34,35)27-16-14-26(15-17-27)29-21-37-31(19-24-9-3-1-4-10-24,20-28-13-7-8-18-36-28)30(23-39)38(29)22-25-11-5-2-6-12-25/h1-18,23,29-30,37H,19-22H2. The zero-order valence-electron chi connectivity index (χ0n) is 21.4. The van der Waals surface area contributed by atoms with Crippen LogP contribution >= 0.6 is 0 Å². The van der Waals surface area contributed by atoms with E-state index in [9.17, 15) is 18.0 Å². The number of carbonyl (C=O) groups excluding carboxylic acids is 1. The van der Waals surface area contributed by atoms with Gasteiger partial charge in [-0.05, 0) is 47.4 Å². The van der Waals surface area contributed by atoms with E-state index in [0.29, 0.717) is 25.9 Å².